The SMILES string of the molecule is CC(=O)OCC(=O)C(CC(=O)O)NC(=O)C(C)CC(N)=O. The minimum absolute atomic E-state index is 0.232. The molecule has 0 saturated carbocycles. The molecule has 0 aliphatic rings. The van der Waals surface area contributed by atoms with Crippen molar-refractivity contribution in [1.29, 1.82) is 0 Å². The number of carboxylic acids is 1. The summed E-state index contributed by atoms with van der Waals surface area (Å²) in [5.41, 5.74) is 4.95. The maximum atomic E-state index is 11.7. The van der Waals surface area contributed by atoms with Gasteiger partial charge in [0.1, 0.15) is 6.04 Å². The fraction of sp³-hybridized carbons (Fsp3) is 0.583. The Hall–Kier alpha value is -2.45. The van der Waals surface area contributed by atoms with Crippen molar-refractivity contribution in [3.8, 4) is 0 Å². The lowest BCUT2D eigenvalue weighted by Gasteiger charge is -2.18. The molecule has 9 heteroatoms. The van der Waals surface area contributed by atoms with Crippen LogP contribution < -0.4 is 11.1 Å². The second-order valence-electron chi connectivity index (χ2n) is 4.48. The second-order valence-corrected chi connectivity index (χ2v) is 4.48. The van der Waals surface area contributed by atoms with Gasteiger partial charge < -0.3 is 20.9 Å². The van der Waals surface area contributed by atoms with Gasteiger partial charge in [-0.1, -0.05) is 6.92 Å². The molecule has 0 aliphatic heterocycles. The second kappa shape index (κ2) is 8.67. The van der Waals surface area contributed by atoms with Crippen LogP contribution in [0.2, 0.25) is 0 Å². The molecule has 118 valence electrons. The lowest BCUT2D eigenvalue weighted by atomic mass is 10.0. The Labute approximate surface area is 120 Å². The molecule has 0 heterocycles. The van der Waals surface area contributed by atoms with Gasteiger partial charge in [-0.2, -0.15) is 0 Å². The Balaban J connectivity index is 4.71. The summed E-state index contributed by atoms with van der Waals surface area (Å²) in [6.07, 6.45) is -0.890. The summed E-state index contributed by atoms with van der Waals surface area (Å²) in [6, 6.07) is -1.34. The molecule has 0 fully saturated rings. The van der Waals surface area contributed by atoms with Crippen LogP contribution in [0.3, 0.4) is 0 Å². The van der Waals surface area contributed by atoms with Crippen LogP contribution >= 0.6 is 0 Å². The van der Waals surface area contributed by atoms with E-state index in [0.717, 1.165) is 6.92 Å². The van der Waals surface area contributed by atoms with Crippen LogP contribution in [-0.2, 0) is 28.7 Å². The number of hydrogen-bond donors (Lipinski definition) is 3. The van der Waals surface area contributed by atoms with E-state index in [-0.39, 0.29) is 6.42 Å². The highest BCUT2D eigenvalue weighted by molar-refractivity contribution is 5.94. The summed E-state index contributed by atoms with van der Waals surface area (Å²) in [7, 11) is 0. The molecule has 4 N–H and O–H groups in total. The Morgan fingerprint density at radius 3 is 2.19 bits per heavy atom. The molecule has 0 aliphatic carbocycles. The van der Waals surface area contributed by atoms with Crippen LogP contribution in [0.5, 0.6) is 0 Å². The normalized spacial score (nSPS) is 12.9. The van der Waals surface area contributed by atoms with Crippen LogP contribution in [0.4, 0.5) is 0 Å². The average Bonchev–Trinajstić information content (AvgIpc) is 2.33. The highest BCUT2D eigenvalue weighted by Crippen LogP contribution is 2.04. The molecule has 21 heavy (non-hydrogen) atoms. The van der Waals surface area contributed by atoms with E-state index in [4.69, 9.17) is 10.8 Å². The Bertz CT molecular complexity index is 447. The van der Waals surface area contributed by atoms with Crippen molar-refractivity contribution in [3.63, 3.8) is 0 Å². The first-order valence-corrected chi connectivity index (χ1v) is 6.10. The first-order valence-electron chi connectivity index (χ1n) is 6.10. The minimum Gasteiger partial charge on any atom is -0.481 e. The topological polar surface area (TPSA) is 153 Å². The van der Waals surface area contributed by atoms with E-state index in [9.17, 15) is 24.0 Å². The third-order valence-corrected chi connectivity index (χ3v) is 2.46. The number of primary amides is 1. The molecule has 0 aromatic heterocycles. The summed E-state index contributed by atoms with van der Waals surface area (Å²) < 4.78 is 4.47. The van der Waals surface area contributed by atoms with E-state index in [1.165, 1.54) is 6.92 Å². The number of ether oxygens (including phenoxy) is 1. The zero-order valence-corrected chi connectivity index (χ0v) is 11.8. The van der Waals surface area contributed by atoms with Crippen LogP contribution in [-0.4, -0.2) is 47.3 Å². The van der Waals surface area contributed by atoms with Gasteiger partial charge in [-0.25, -0.2) is 0 Å². The Morgan fingerprint density at radius 1 is 1.19 bits per heavy atom. The average molecular weight is 302 g/mol. The van der Waals surface area contributed by atoms with Crippen molar-refractivity contribution in [3.05, 3.63) is 0 Å². The fourth-order valence-electron chi connectivity index (χ4n) is 1.40. The van der Waals surface area contributed by atoms with Crippen LogP contribution in [0, 0.1) is 5.92 Å². The maximum absolute atomic E-state index is 11.7. The van der Waals surface area contributed by atoms with E-state index >= 15 is 0 Å². The zero-order valence-electron chi connectivity index (χ0n) is 11.8. The van der Waals surface area contributed by atoms with Gasteiger partial charge in [0.25, 0.3) is 0 Å². The number of aliphatic carboxylic acids is 1. The summed E-state index contributed by atoms with van der Waals surface area (Å²) in [5.74, 6) is -4.95. The number of carbonyl (C=O) groups excluding carboxylic acids is 4. The minimum atomic E-state index is -1.34. The first kappa shape index (κ1) is 18.6. The Morgan fingerprint density at radius 2 is 1.76 bits per heavy atom. The maximum Gasteiger partial charge on any atom is 0.305 e. The van der Waals surface area contributed by atoms with E-state index in [0.29, 0.717) is 0 Å². The summed E-state index contributed by atoms with van der Waals surface area (Å²) in [6.45, 7) is 1.86. The highest BCUT2D eigenvalue weighted by atomic mass is 16.5. The van der Waals surface area contributed by atoms with Gasteiger partial charge in [-0.15, -0.1) is 0 Å². The van der Waals surface area contributed by atoms with Crippen molar-refractivity contribution in [2.45, 2.75) is 32.7 Å². The zero-order chi connectivity index (χ0) is 16.6. The van der Waals surface area contributed by atoms with Gasteiger partial charge in [0.2, 0.25) is 11.8 Å². The molecule has 0 aromatic rings. The number of Topliss-reactive ketones (excluding diaryl/α,β-unsaturated/α-hetero) is 1. The number of nitrogens with two attached hydrogens (primary N) is 1. The molecule has 9 nitrogen and oxygen atoms in total. The van der Waals surface area contributed by atoms with Crippen molar-refractivity contribution >= 4 is 29.5 Å². The van der Waals surface area contributed by atoms with Crippen molar-refractivity contribution in [2.24, 2.45) is 11.7 Å². The molecular weight excluding hydrogens is 284 g/mol. The predicted molar refractivity (Wildman–Crippen MR) is 68.8 cm³/mol. The standard InChI is InChI=1S/C12H18N2O7/c1-6(3-10(13)17)12(20)14-8(4-11(18)19)9(16)5-21-7(2)15/h6,8H,3-5H2,1-2H3,(H2,13,17)(H,14,20)(H,18,19). The largest absolute Gasteiger partial charge is 0.481 e. The van der Waals surface area contributed by atoms with Gasteiger partial charge in [-0.05, 0) is 0 Å². The van der Waals surface area contributed by atoms with Crippen LogP contribution in [0.15, 0.2) is 0 Å². The van der Waals surface area contributed by atoms with Crippen LogP contribution in [0.25, 0.3) is 0 Å². The molecule has 2 unspecified atom stereocenters. The van der Waals surface area contributed by atoms with Crippen molar-refractivity contribution in [2.75, 3.05) is 6.61 Å². The van der Waals surface area contributed by atoms with Crippen molar-refractivity contribution in [1.82, 2.24) is 5.32 Å². The summed E-state index contributed by atoms with van der Waals surface area (Å²) in [5, 5.41) is 10.9. The molecule has 0 rings (SSSR count). The van der Waals surface area contributed by atoms with Gasteiger partial charge in [0, 0.05) is 19.3 Å². The van der Waals surface area contributed by atoms with E-state index < -0.39 is 54.5 Å². The smallest absolute Gasteiger partial charge is 0.305 e. The molecule has 0 saturated heterocycles. The quantitative estimate of drug-likeness (QED) is 0.442. The number of esters is 1. The molecule has 2 amide bonds. The number of nitrogens with one attached hydrogen (secondary N) is 1. The molecule has 2 atom stereocenters. The molecule has 0 spiro atoms. The molecular formula is C12H18N2O7. The number of rotatable bonds is 9. The fourth-order valence-corrected chi connectivity index (χ4v) is 1.40. The third-order valence-electron chi connectivity index (χ3n) is 2.46. The number of ketones is 1. The summed E-state index contributed by atoms with van der Waals surface area (Å²) >= 11 is 0. The van der Waals surface area contributed by atoms with Gasteiger partial charge >= 0.3 is 11.9 Å². The monoisotopic (exact) mass is 302 g/mol. The number of carbonyl (C=O) groups is 5. The Kier molecular flexibility index (Phi) is 7.66. The molecule has 0 aromatic carbocycles. The molecule has 0 radical (unpaired) electrons. The van der Waals surface area contributed by atoms with Crippen LogP contribution in [0.1, 0.15) is 26.7 Å². The predicted octanol–water partition coefficient (Wildman–Crippen LogP) is -1.41. The number of hydrogen-bond acceptors (Lipinski definition) is 6. The van der Waals surface area contributed by atoms with E-state index in [1.54, 1.807) is 0 Å². The van der Waals surface area contributed by atoms with Gasteiger partial charge in [0.05, 0.1) is 6.42 Å². The van der Waals surface area contributed by atoms with E-state index in [1.807, 2.05) is 0 Å². The van der Waals surface area contributed by atoms with Crippen molar-refractivity contribution < 1.29 is 33.8 Å². The first-order chi connectivity index (χ1) is 9.63. The lowest BCUT2D eigenvalue weighted by molar-refractivity contribution is -0.147. The summed E-state index contributed by atoms with van der Waals surface area (Å²) in [4.78, 5) is 55.5. The number of carboxylic acid groups (broad SMARTS) is 1. The van der Waals surface area contributed by atoms with E-state index in [2.05, 4.69) is 10.1 Å². The lowest BCUT2D eigenvalue weighted by Crippen LogP contribution is -2.46. The molecule has 0 bridgehead atoms. The third kappa shape index (κ3) is 8.35. The number of amides is 2. The van der Waals surface area contributed by atoms with Gasteiger partial charge in [0.15, 0.2) is 12.4 Å². The highest BCUT2D eigenvalue weighted by Gasteiger charge is 2.26. The van der Waals surface area contributed by atoms with Gasteiger partial charge in [-0.3, -0.25) is 24.0 Å².